The first-order chi connectivity index (χ1) is 42.0. The summed E-state index contributed by atoms with van der Waals surface area (Å²) in [6.07, 6.45) is -4.78. The maximum Gasteiger partial charge on any atom is 0.268 e. The molecule has 2 saturated heterocycles. The number of hydrogen-bond donors (Lipinski definition) is 9. The minimum Gasteiger partial charge on any atom is -0.756 e. The predicted molar refractivity (Wildman–Crippen MR) is 327 cm³/mol. The Hall–Kier alpha value is -7.00. The van der Waals surface area contributed by atoms with E-state index in [4.69, 9.17) is 80.3 Å². The maximum absolute atomic E-state index is 14.3. The standard InChI is InChI=1S/C60H86N13O14P.CN.Co/c1-29(86-88(83,84)87-51-39(27-74)85-55(50(51)82)73-28-68-36-12-10-11-13-38(36)73)26-67-47(81)20-21-57(6)35(22-44(64)78)54-60(9)59(8,25-46(66)80)34(16-19-43(63)77)49(72-60)31(3)53-58(7,24-45(65)79)32(14-17-41(61)75)37(69-53)23-40-56(4,5)33(15-18-42(62)76)48(70-40)30(2)52(57)71-54;1-2;/h10-13,23,28-29,32-35,39,50-51,54-55,74,82H,14-22,24-27H2,1-9H3,(H15,61,62,63,64,65,66,67,69,70,71,72,75,76,77,78,79,80,81,83,84);;/q;-1;/p-2/t29-,32-,33-,34-,35+,39-,50-,51-,54-,55+,57-,58+,59+,60+;;/m1../s1. The van der Waals surface area contributed by atoms with E-state index in [1.54, 1.807) is 38.1 Å². The van der Waals surface area contributed by atoms with Gasteiger partial charge in [-0.05, 0) is 94.1 Å². The molecule has 15 N–H and O–H groups in total. The Labute approximate surface area is 538 Å². The Morgan fingerprint density at radius 1 is 0.824 bits per heavy atom. The van der Waals surface area contributed by atoms with Crippen molar-refractivity contribution in [2.24, 2.45) is 94.7 Å². The topological polar surface area (TPSA) is 489 Å². The molecule has 0 aliphatic carbocycles. The van der Waals surface area contributed by atoms with Crippen LogP contribution < -0.4 is 44.6 Å². The maximum atomic E-state index is 14.3. The second kappa shape index (κ2) is 28.1. The van der Waals surface area contributed by atoms with E-state index < -0.39 is 143 Å². The number of fused-ring (bicyclic) bond motifs is 7. The number of benzene rings is 1. The number of hydrogen-bond acceptors (Lipinski definition) is 19. The molecule has 1 unspecified atom stereocenters. The van der Waals surface area contributed by atoms with E-state index in [9.17, 15) is 53.2 Å². The Balaban J connectivity index is 0.00000434. The summed E-state index contributed by atoms with van der Waals surface area (Å²) in [6.45, 7) is 19.9. The Morgan fingerprint density at radius 2 is 1.42 bits per heavy atom. The van der Waals surface area contributed by atoms with Gasteiger partial charge in [0.05, 0.1) is 41.3 Å². The van der Waals surface area contributed by atoms with Crippen molar-refractivity contribution in [2.45, 2.75) is 175 Å². The Morgan fingerprint density at radius 3 is 2.00 bits per heavy atom. The number of phosphoric acid groups is 1. The number of aliphatic imine (C=N–C) groups is 3. The van der Waals surface area contributed by atoms with Gasteiger partial charge in [0.15, 0.2) is 6.23 Å². The number of carbonyl (C=O) groups excluding carboxylic acids is 7. The SMILES string of the molecule is C/C1=C2/[N-][C@H]([C@H](CC(N)=O)[C@@]2(C)CCC(=O)NC[C@@H](C)OP(=O)([O-])O[C@H]2[C@@H](O)[C@@H](n3cnc4ccccc43)O[C@@H]2CO)[C@]2(C)N=C(/C(C)=C3N=C(/C=C4N=C1[C@@H](CCC(N)=O)C\4(C)C)[C@@H](CCC(N)=O)[C@]\3(C)CC(N)=O)[C@@H](CCC(N)=O)[C@]2(C)CC(N)=O.[C-]#N.[Co]. The number of rotatable bonds is 26. The Bertz CT molecular complexity index is 3490. The summed E-state index contributed by atoms with van der Waals surface area (Å²) in [5.41, 5.74) is 34.7. The second-order valence-corrected chi connectivity index (χ2v) is 27.4. The van der Waals surface area contributed by atoms with Crippen LogP contribution in [-0.4, -0.2) is 127 Å². The molecule has 7 heterocycles. The molecule has 28 nitrogen and oxygen atoms in total. The van der Waals surface area contributed by atoms with Gasteiger partial charge in [-0.25, -0.2) is 4.98 Å². The number of carbonyl (C=O) groups is 7. The summed E-state index contributed by atoms with van der Waals surface area (Å²) in [4.78, 5) is 127. The molecular weight excluding hydrogens is 1240 g/mol. The summed E-state index contributed by atoms with van der Waals surface area (Å²) in [7, 11) is -5.30. The van der Waals surface area contributed by atoms with Crippen LogP contribution in [0.25, 0.3) is 16.4 Å². The molecule has 6 aliphatic rings. The number of primary amides is 6. The van der Waals surface area contributed by atoms with Crippen molar-refractivity contribution in [1.29, 1.82) is 5.26 Å². The summed E-state index contributed by atoms with van der Waals surface area (Å²) >= 11 is 0. The van der Waals surface area contributed by atoms with Gasteiger partial charge in [-0.1, -0.05) is 52.8 Å². The van der Waals surface area contributed by atoms with E-state index in [0.717, 1.165) is 0 Å². The number of ether oxygens (including phenoxy) is 1. The van der Waals surface area contributed by atoms with E-state index in [0.29, 0.717) is 56.4 Å². The van der Waals surface area contributed by atoms with Crippen LogP contribution in [0.15, 0.2) is 79.9 Å². The van der Waals surface area contributed by atoms with E-state index in [1.165, 1.54) is 17.8 Å². The van der Waals surface area contributed by atoms with E-state index in [-0.39, 0.29) is 94.0 Å². The molecule has 15 atom stereocenters. The number of amides is 7. The first-order valence-electron chi connectivity index (χ1n) is 29.9. The summed E-state index contributed by atoms with van der Waals surface area (Å²) in [5, 5.41) is 36.2. The molecule has 1 aromatic heterocycles. The number of allylic oxidation sites excluding steroid dienone is 6. The van der Waals surface area contributed by atoms with Crippen LogP contribution in [-0.2, 0) is 68.7 Å². The smallest absolute Gasteiger partial charge is 0.268 e. The zero-order valence-electron chi connectivity index (χ0n) is 52.6. The van der Waals surface area contributed by atoms with E-state index >= 15 is 0 Å². The molecule has 1 aromatic carbocycles. The number of aliphatic hydroxyl groups is 2. The van der Waals surface area contributed by atoms with Crippen molar-refractivity contribution in [2.75, 3.05) is 13.2 Å². The number of phosphoric ester groups is 1. The van der Waals surface area contributed by atoms with Gasteiger partial charge in [0.25, 0.3) is 7.82 Å². The van der Waals surface area contributed by atoms with Crippen molar-refractivity contribution in [3.05, 3.63) is 76.8 Å². The van der Waals surface area contributed by atoms with Crippen molar-refractivity contribution in [1.82, 2.24) is 14.9 Å². The molecule has 8 bridgehead atoms. The molecule has 6 aliphatic heterocycles. The number of aliphatic hydroxyl groups excluding tert-OH is 2. The average Bonchev–Trinajstić information content (AvgIpc) is 1.53. The number of nitrogens with two attached hydrogens (primary N) is 6. The zero-order valence-corrected chi connectivity index (χ0v) is 54.5. The fourth-order valence-electron chi connectivity index (χ4n) is 15.0. The molecule has 0 saturated carbocycles. The third-order valence-electron chi connectivity index (χ3n) is 19.8. The Kier molecular flexibility index (Phi) is 22.5. The van der Waals surface area contributed by atoms with Gasteiger partial charge in [-0.15, -0.1) is 0 Å². The van der Waals surface area contributed by atoms with Crippen molar-refractivity contribution in [3.63, 3.8) is 0 Å². The molecule has 8 rings (SSSR count). The normalized spacial score (nSPS) is 33.6. The van der Waals surface area contributed by atoms with Crippen LogP contribution in [0.3, 0.4) is 0 Å². The van der Waals surface area contributed by atoms with Crippen LogP contribution in [0, 0.1) is 57.2 Å². The molecule has 499 valence electrons. The van der Waals surface area contributed by atoms with E-state index in [2.05, 4.69) is 10.3 Å². The van der Waals surface area contributed by atoms with Gasteiger partial charge < -0.3 is 90.3 Å². The number of aromatic nitrogens is 2. The molecule has 2 fully saturated rings. The number of imidazole rings is 1. The fraction of sp³-hybridized carbons (Fsp3) is 0.607. The summed E-state index contributed by atoms with van der Waals surface area (Å²) < 4.78 is 31.6. The molecule has 1 radical (unpaired) electrons. The summed E-state index contributed by atoms with van der Waals surface area (Å²) in [6, 6.07) is 5.94. The van der Waals surface area contributed by atoms with Gasteiger partial charge in [0.1, 0.15) is 18.3 Å². The largest absolute Gasteiger partial charge is 0.756 e. The molecule has 7 amide bonds. The molecule has 91 heavy (non-hydrogen) atoms. The van der Waals surface area contributed by atoms with E-state index in [1.807, 2.05) is 47.6 Å². The van der Waals surface area contributed by atoms with Crippen molar-refractivity contribution in [3.8, 4) is 0 Å². The monoisotopic (exact) mass is 1330 g/mol. The van der Waals surface area contributed by atoms with Crippen LogP contribution >= 0.6 is 7.82 Å². The van der Waals surface area contributed by atoms with Gasteiger partial charge in [0.2, 0.25) is 41.4 Å². The quantitative estimate of drug-likeness (QED) is 0.0483. The van der Waals surface area contributed by atoms with Crippen LogP contribution in [0.4, 0.5) is 0 Å². The minimum atomic E-state index is -5.30. The molecular formula is C61H84CoN14O14P-3. The third-order valence-corrected chi connectivity index (χ3v) is 20.9. The van der Waals surface area contributed by atoms with Crippen LogP contribution in [0.2, 0.25) is 0 Å². The van der Waals surface area contributed by atoms with Gasteiger partial charge in [-0.3, -0.25) is 53.1 Å². The first-order valence-corrected chi connectivity index (χ1v) is 31.4. The number of nitrogens with one attached hydrogen (secondary N) is 1. The van der Waals surface area contributed by atoms with Gasteiger partial charge in [-0.2, -0.15) is 5.70 Å². The summed E-state index contributed by atoms with van der Waals surface area (Å²) in [5.74, 6) is -7.40. The molecule has 2 aromatic rings. The average molecular weight is 1330 g/mol. The third kappa shape index (κ3) is 14.3. The minimum absolute atomic E-state index is 0. The van der Waals surface area contributed by atoms with Crippen LogP contribution in [0.5, 0.6) is 0 Å². The van der Waals surface area contributed by atoms with Gasteiger partial charge in [0, 0.05) is 125 Å². The molecule has 0 spiro atoms. The number of nitrogens with zero attached hydrogens (tertiary/aromatic N) is 7. The first kappa shape index (κ1) is 73.1. The second-order valence-electron chi connectivity index (χ2n) is 26.1. The predicted octanol–water partition coefficient (Wildman–Crippen LogP) is 2.79. The zero-order chi connectivity index (χ0) is 67.0. The number of para-hydroxylation sites is 2. The van der Waals surface area contributed by atoms with Crippen molar-refractivity contribution < 1.29 is 83.8 Å². The van der Waals surface area contributed by atoms with Gasteiger partial charge >= 0.3 is 0 Å². The molecule has 30 heteroatoms. The van der Waals surface area contributed by atoms with Crippen molar-refractivity contribution >= 4 is 77.3 Å². The fourth-order valence-corrected chi connectivity index (χ4v) is 16.1. The van der Waals surface area contributed by atoms with Crippen LogP contribution in [0.1, 0.15) is 139 Å².